The zero-order valence-corrected chi connectivity index (χ0v) is 14.5. The summed E-state index contributed by atoms with van der Waals surface area (Å²) in [5.74, 6) is 1.04. The average Bonchev–Trinajstić information content (AvgIpc) is 2.72. The van der Waals surface area contributed by atoms with Gasteiger partial charge >= 0.3 is 0 Å². The Balaban J connectivity index is 2.45. The summed E-state index contributed by atoms with van der Waals surface area (Å²) in [7, 11) is 1.64. The molecule has 0 amide bonds. The second kappa shape index (κ2) is 6.24. The lowest BCUT2D eigenvalue weighted by Gasteiger charge is -2.27. The summed E-state index contributed by atoms with van der Waals surface area (Å²) in [4.78, 5) is 0. The van der Waals surface area contributed by atoms with Crippen LogP contribution >= 0.6 is 10.7 Å². The molecule has 0 radical (unpaired) electrons. The zero-order valence-electron chi connectivity index (χ0n) is 13.0. The highest BCUT2D eigenvalue weighted by Crippen LogP contribution is 2.34. The van der Waals surface area contributed by atoms with Gasteiger partial charge in [-0.25, -0.2) is 8.42 Å². The van der Waals surface area contributed by atoms with Crippen LogP contribution in [0.25, 0.3) is 0 Å². The minimum absolute atomic E-state index is 0.131. The molecule has 120 valence electrons. The van der Waals surface area contributed by atoms with E-state index in [9.17, 15) is 8.42 Å². The lowest BCUT2D eigenvalue weighted by molar-refractivity contribution is 0.328. The first kappa shape index (κ1) is 16.7. The molecule has 1 aliphatic carbocycles. The normalized spacial score (nSPS) is 19.2. The summed E-state index contributed by atoms with van der Waals surface area (Å²) < 4.78 is 25.2. The average molecular weight is 334 g/mol. The van der Waals surface area contributed by atoms with E-state index in [0.717, 1.165) is 31.5 Å². The molecule has 0 unspecified atom stereocenters. The first-order chi connectivity index (χ1) is 9.71. The van der Waals surface area contributed by atoms with Crippen LogP contribution in [0.15, 0.2) is 5.16 Å². The zero-order chi connectivity index (χ0) is 15.7. The first-order valence-electron chi connectivity index (χ1n) is 7.61. The maximum absolute atomic E-state index is 11.8. The smallest absolute Gasteiger partial charge is 0.295 e. The molecule has 0 aromatic carbocycles. The van der Waals surface area contributed by atoms with Crippen molar-refractivity contribution in [3.8, 4) is 0 Å². The van der Waals surface area contributed by atoms with Gasteiger partial charge in [0.05, 0.1) is 0 Å². The summed E-state index contributed by atoms with van der Waals surface area (Å²) in [6.07, 6.45) is 8.16. The molecule has 5 nitrogen and oxygen atoms in total. The van der Waals surface area contributed by atoms with Crippen molar-refractivity contribution in [2.75, 3.05) is 0 Å². The predicted molar refractivity (Wildman–Crippen MR) is 83.1 cm³/mol. The van der Waals surface area contributed by atoms with Crippen molar-refractivity contribution in [3.63, 3.8) is 0 Å². The highest BCUT2D eigenvalue weighted by molar-refractivity contribution is 8.13. The molecule has 0 aliphatic heterocycles. The third kappa shape index (κ3) is 3.97. The highest BCUT2D eigenvalue weighted by atomic mass is 35.7. The van der Waals surface area contributed by atoms with Crippen molar-refractivity contribution >= 4 is 19.7 Å². The molecule has 0 atom stereocenters. The molecule has 0 bridgehead atoms. The number of hydrogen-bond acceptors (Lipinski definition) is 4. The summed E-state index contributed by atoms with van der Waals surface area (Å²) >= 11 is 0. The second-order valence-electron chi connectivity index (χ2n) is 6.83. The van der Waals surface area contributed by atoms with E-state index in [0.29, 0.717) is 0 Å². The largest absolute Gasteiger partial charge is 0.296 e. The van der Waals surface area contributed by atoms with Gasteiger partial charge in [0, 0.05) is 22.1 Å². The van der Waals surface area contributed by atoms with Gasteiger partial charge in [-0.3, -0.25) is 4.57 Å². The Hall–Kier alpha value is -0.620. The lowest BCUT2D eigenvalue weighted by Crippen LogP contribution is -2.28. The molecule has 0 spiro atoms. The van der Waals surface area contributed by atoms with E-state index in [2.05, 4.69) is 10.2 Å². The Labute approximate surface area is 131 Å². The van der Waals surface area contributed by atoms with E-state index in [-0.39, 0.29) is 11.1 Å². The van der Waals surface area contributed by atoms with Crippen LogP contribution in [0.3, 0.4) is 0 Å². The molecule has 21 heavy (non-hydrogen) atoms. The summed E-state index contributed by atoms with van der Waals surface area (Å²) in [6, 6.07) is 0. The maximum Gasteiger partial charge on any atom is 0.296 e. The fourth-order valence-corrected chi connectivity index (χ4v) is 4.07. The van der Waals surface area contributed by atoms with E-state index >= 15 is 0 Å². The van der Waals surface area contributed by atoms with E-state index < -0.39 is 14.6 Å². The third-order valence-corrected chi connectivity index (χ3v) is 5.13. The fraction of sp³-hybridized carbons (Fsp3) is 0.857. The Morgan fingerprint density at radius 3 is 2.05 bits per heavy atom. The van der Waals surface area contributed by atoms with Gasteiger partial charge in [0.25, 0.3) is 14.2 Å². The van der Waals surface area contributed by atoms with Gasteiger partial charge in [-0.1, -0.05) is 32.1 Å². The molecular weight excluding hydrogens is 310 g/mol. The van der Waals surface area contributed by atoms with Gasteiger partial charge in [-0.2, -0.15) is 0 Å². The van der Waals surface area contributed by atoms with Crippen LogP contribution in [0.1, 0.15) is 77.5 Å². The van der Waals surface area contributed by atoms with Gasteiger partial charge in [0.15, 0.2) is 0 Å². The van der Waals surface area contributed by atoms with Gasteiger partial charge in [-0.05, 0) is 33.6 Å². The van der Waals surface area contributed by atoms with Gasteiger partial charge in [0.2, 0.25) is 0 Å². The van der Waals surface area contributed by atoms with Crippen LogP contribution in [0.2, 0.25) is 0 Å². The SMILES string of the molecule is CC(C)(C)n1c(C2CCCCCCC2)nnc1S(=O)(=O)Cl. The molecule has 1 aromatic heterocycles. The molecule has 0 saturated heterocycles. The van der Waals surface area contributed by atoms with Crippen molar-refractivity contribution in [1.82, 2.24) is 14.8 Å². The number of halogens is 1. The summed E-state index contributed by atoms with van der Waals surface area (Å²) in [5, 5.41) is 7.94. The Morgan fingerprint density at radius 1 is 1.05 bits per heavy atom. The Morgan fingerprint density at radius 2 is 1.57 bits per heavy atom. The molecule has 1 saturated carbocycles. The summed E-state index contributed by atoms with van der Waals surface area (Å²) in [6.45, 7) is 5.86. The quantitative estimate of drug-likeness (QED) is 0.772. The topological polar surface area (TPSA) is 64.8 Å². The van der Waals surface area contributed by atoms with Crippen LogP contribution < -0.4 is 0 Å². The second-order valence-corrected chi connectivity index (χ2v) is 9.29. The molecule has 1 aliphatic rings. The highest BCUT2D eigenvalue weighted by Gasteiger charge is 2.32. The van der Waals surface area contributed by atoms with Crippen LogP contribution in [-0.4, -0.2) is 23.2 Å². The Bertz CT molecular complexity index is 582. The lowest BCUT2D eigenvalue weighted by atomic mass is 9.90. The molecule has 1 aromatic rings. The molecule has 1 heterocycles. The van der Waals surface area contributed by atoms with E-state index in [1.165, 1.54) is 19.3 Å². The molecule has 7 heteroatoms. The minimum atomic E-state index is -3.89. The molecule has 2 rings (SSSR count). The van der Waals surface area contributed by atoms with E-state index in [1.807, 2.05) is 20.8 Å². The maximum atomic E-state index is 11.8. The first-order valence-corrected chi connectivity index (χ1v) is 9.92. The Kier molecular flexibility index (Phi) is 4.98. The van der Waals surface area contributed by atoms with Crippen molar-refractivity contribution in [3.05, 3.63) is 5.82 Å². The van der Waals surface area contributed by atoms with Crippen LogP contribution in [0.4, 0.5) is 0 Å². The van der Waals surface area contributed by atoms with Crippen LogP contribution in [-0.2, 0) is 14.6 Å². The molecule has 1 fully saturated rings. The number of aromatic nitrogens is 3. The number of hydrogen-bond donors (Lipinski definition) is 0. The van der Waals surface area contributed by atoms with Crippen molar-refractivity contribution in [2.45, 2.75) is 82.3 Å². The van der Waals surface area contributed by atoms with E-state index in [1.54, 1.807) is 4.57 Å². The number of nitrogens with zero attached hydrogens (tertiary/aromatic N) is 3. The van der Waals surface area contributed by atoms with Gasteiger partial charge in [0.1, 0.15) is 5.82 Å². The predicted octanol–water partition coefficient (Wildman–Crippen LogP) is 3.79. The third-order valence-electron chi connectivity index (χ3n) is 4.02. The van der Waals surface area contributed by atoms with Crippen molar-refractivity contribution < 1.29 is 8.42 Å². The standard InChI is InChI=1S/C14H24ClN3O2S/c1-14(2,3)18-12(16-17-13(18)21(15,19)20)11-9-7-5-4-6-8-10-11/h11H,4-10H2,1-3H3. The van der Waals surface area contributed by atoms with Crippen molar-refractivity contribution in [1.29, 1.82) is 0 Å². The van der Waals surface area contributed by atoms with Gasteiger partial charge in [-0.15, -0.1) is 10.2 Å². The van der Waals surface area contributed by atoms with Crippen LogP contribution in [0.5, 0.6) is 0 Å². The number of rotatable bonds is 2. The minimum Gasteiger partial charge on any atom is -0.295 e. The monoisotopic (exact) mass is 333 g/mol. The summed E-state index contributed by atoms with van der Waals surface area (Å²) in [5.41, 5.74) is -0.418. The van der Waals surface area contributed by atoms with E-state index in [4.69, 9.17) is 10.7 Å². The molecule has 0 N–H and O–H groups in total. The van der Waals surface area contributed by atoms with Gasteiger partial charge < -0.3 is 0 Å². The van der Waals surface area contributed by atoms with Crippen molar-refractivity contribution in [2.24, 2.45) is 0 Å². The van der Waals surface area contributed by atoms with Crippen LogP contribution in [0, 0.1) is 0 Å². The fourth-order valence-electron chi connectivity index (χ4n) is 3.05. The molecular formula is C14H24ClN3O2S.